The second-order valence-electron chi connectivity index (χ2n) is 8.86. The van der Waals surface area contributed by atoms with Crippen molar-refractivity contribution in [3.05, 3.63) is 59.5 Å². The molecule has 1 aliphatic rings. The molecule has 1 unspecified atom stereocenters. The lowest BCUT2D eigenvalue weighted by Crippen LogP contribution is -2.46. The maximum Gasteiger partial charge on any atom is 0.257 e. The average molecular weight is 411 g/mol. The number of furan rings is 1. The molecule has 3 rings (SSSR count). The number of nitrogens with zero attached hydrogens (tertiary/aromatic N) is 3. The van der Waals surface area contributed by atoms with Gasteiger partial charge < -0.3 is 9.73 Å². The normalized spacial score (nSPS) is 16.7. The van der Waals surface area contributed by atoms with Crippen LogP contribution >= 0.6 is 0 Å². The zero-order valence-electron chi connectivity index (χ0n) is 18.3. The van der Waals surface area contributed by atoms with Gasteiger partial charge in [0.2, 0.25) is 5.91 Å². The van der Waals surface area contributed by atoms with Crippen molar-refractivity contribution in [2.45, 2.75) is 45.7 Å². The lowest BCUT2D eigenvalue weighted by Gasteiger charge is -2.25. The quantitative estimate of drug-likeness (QED) is 0.794. The van der Waals surface area contributed by atoms with Crippen LogP contribution < -0.4 is 5.32 Å². The number of likely N-dealkylation sites (N-methyl/N-ethyl adjacent to an activating group) is 1. The number of rotatable bonds is 6. The van der Waals surface area contributed by atoms with Gasteiger partial charge in [0, 0.05) is 12.0 Å². The predicted molar refractivity (Wildman–Crippen MR) is 116 cm³/mol. The molecule has 7 heteroatoms. The SMILES string of the molecule is Cc1ccc(C2=NN(C(=O)CN(C)CC(=O)NC(C)(C)C)C(c3ccco3)C2)cc1. The van der Waals surface area contributed by atoms with E-state index in [1.54, 1.807) is 18.2 Å². The van der Waals surface area contributed by atoms with E-state index in [4.69, 9.17) is 4.42 Å². The third-order valence-electron chi connectivity index (χ3n) is 4.76. The highest BCUT2D eigenvalue weighted by Gasteiger charge is 2.35. The van der Waals surface area contributed by atoms with Crippen LogP contribution in [-0.2, 0) is 9.59 Å². The molecule has 0 aliphatic carbocycles. The number of carbonyl (C=O) groups is 2. The fraction of sp³-hybridized carbons (Fsp3) is 0.435. The molecule has 1 aliphatic heterocycles. The minimum atomic E-state index is -0.311. The Bertz CT molecular complexity index is 911. The molecule has 7 nitrogen and oxygen atoms in total. The number of benzene rings is 1. The summed E-state index contributed by atoms with van der Waals surface area (Å²) in [6, 6.07) is 11.5. The molecule has 1 aromatic heterocycles. The molecular formula is C23H30N4O3. The largest absolute Gasteiger partial charge is 0.467 e. The van der Waals surface area contributed by atoms with Gasteiger partial charge in [-0.3, -0.25) is 14.5 Å². The summed E-state index contributed by atoms with van der Waals surface area (Å²) in [5.41, 5.74) is 2.69. The fourth-order valence-electron chi connectivity index (χ4n) is 3.43. The molecule has 0 saturated carbocycles. The summed E-state index contributed by atoms with van der Waals surface area (Å²) >= 11 is 0. The van der Waals surface area contributed by atoms with E-state index in [1.807, 2.05) is 64.1 Å². The molecule has 0 spiro atoms. The van der Waals surface area contributed by atoms with Gasteiger partial charge in [-0.25, -0.2) is 5.01 Å². The second-order valence-corrected chi connectivity index (χ2v) is 8.86. The zero-order valence-corrected chi connectivity index (χ0v) is 18.3. The van der Waals surface area contributed by atoms with Crippen LogP contribution in [0.5, 0.6) is 0 Å². The number of aryl methyl sites for hydroxylation is 1. The van der Waals surface area contributed by atoms with Crippen molar-refractivity contribution in [2.75, 3.05) is 20.1 Å². The van der Waals surface area contributed by atoms with Gasteiger partial charge in [-0.2, -0.15) is 5.10 Å². The van der Waals surface area contributed by atoms with Gasteiger partial charge >= 0.3 is 0 Å². The lowest BCUT2D eigenvalue weighted by atomic mass is 10.0. The van der Waals surface area contributed by atoms with E-state index in [-0.39, 0.29) is 36.5 Å². The van der Waals surface area contributed by atoms with Gasteiger partial charge in [0.25, 0.3) is 5.91 Å². The Hall–Kier alpha value is -2.93. The standard InChI is InChI=1S/C23H30N4O3/c1-16-8-10-17(11-9-16)18-13-19(20-7-6-12-30-20)27(25-18)22(29)15-26(5)14-21(28)24-23(2,3)4/h6-12,19H,13-15H2,1-5H3,(H,24,28). The highest BCUT2D eigenvalue weighted by atomic mass is 16.3. The molecule has 0 bridgehead atoms. The monoisotopic (exact) mass is 410 g/mol. The minimum Gasteiger partial charge on any atom is -0.467 e. The molecule has 2 amide bonds. The van der Waals surface area contributed by atoms with Gasteiger partial charge in [-0.15, -0.1) is 0 Å². The first-order valence-corrected chi connectivity index (χ1v) is 10.1. The van der Waals surface area contributed by atoms with Crippen molar-refractivity contribution in [2.24, 2.45) is 5.10 Å². The summed E-state index contributed by atoms with van der Waals surface area (Å²) in [6.07, 6.45) is 2.18. The van der Waals surface area contributed by atoms with Gasteiger partial charge in [-0.05, 0) is 52.4 Å². The van der Waals surface area contributed by atoms with Crippen LogP contribution in [0.25, 0.3) is 0 Å². The molecule has 0 radical (unpaired) electrons. The molecule has 30 heavy (non-hydrogen) atoms. The van der Waals surface area contributed by atoms with Crippen molar-refractivity contribution in [3.63, 3.8) is 0 Å². The summed E-state index contributed by atoms with van der Waals surface area (Å²) in [4.78, 5) is 26.9. The summed E-state index contributed by atoms with van der Waals surface area (Å²) in [5, 5.41) is 9.03. The number of hydrazone groups is 1. The van der Waals surface area contributed by atoms with Gasteiger partial charge in [-0.1, -0.05) is 29.8 Å². The first-order valence-electron chi connectivity index (χ1n) is 10.1. The Morgan fingerprint density at radius 3 is 2.50 bits per heavy atom. The van der Waals surface area contributed by atoms with Crippen molar-refractivity contribution in [1.29, 1.82) is 0 Å². The van der Waals surface area contributed by atoms with Crippen molar-refractivity contribution in [1.82, 2.24) is 15.2 Å². The number of amides is 2. The third-order valence-corrected chi connectivity index (χ3v) is 4.76. The summed E-state index contributed by atoms with van der Waals surface area (Å²) in [5.74, 6) is 0.401. The number of hydrogen-bond donors (Lipinski definition) is 1. The average Bonchev–Trinajstić information content (AvgIpc) is 3.30. The van der Waals surface area contributed by atoms with E-state index < -0.39 is 0 Å². The Labute approximate surface area is 177 Å². The topological polar surface area (TPSA) is 78.2 Å². The maximum atomic E-state index is 13.1. The molecule has 160 valence electrons. The predicted octanol–water partition coefficient (Wildman–Crippen LogP) is 3.11. The summed E-state index contributed by atoms with van der Waals surface area (Å²) in [6.45, 7) is 8.03. The van der Waals surface area contributed by atoms with Crippen LogP contribution in [0.15, 0.2) is 52.2 Å². The second kappa shape index (κ2) is 8.83. The molecule has 0 saturated heterocycles. The van der Waals surface area contributed by atoms with E-state index in [1.165, 1.54) is 10.6 Å². The molecule has 2 aromatic rings. The summed E-state index contributed by atoms with van der Waals surface area (Å²) < 4.78 is 5.58. The molecule has 2 heterocycles. The van der Waals surface area contributed by atoms with Gasteiger partial charge in [0.15, 0.2) is 0 Å². The Morgan fingerprint density at radius 2 is 1.90 bits per heavy atom. The van der Waals surface area contributed by atoms with Crippen LogP contribution in [0, 0.1) is 6.92 Å². The van der Waals surface area contributed by atoms with Crippen molar-refractivity contribution in [3.8, 4) is 0 Å². The van der Waals surface area contributed by atoms with Crippen LogP contribution in [0.2, 0.25) is 0 Å². The Morgan fingerprint density at radius 1 is 1.20 bits per heavy atom. The lowest BCUT2D eigenvalue weighted by molar-refractivity contribution is -0.134. The number of nitrogens with one attached hydrogen (secondary N) is 1. The highest BCUT2D eigenvalue weighted by Crippen LogP contribution is 2.33. The molecule has 1 atom stereocenters. The number of carbonyl (C=O) groups excluding carboxylic acids is 2. The first-order chi connectivity index (χ1) is 14.1. The molecule has 0 fully saturated rings. The molecular weight excluding hydrogens is 380 g/mol. The van der Waals surface area contributed by atoms with E-state index in [9.17, 15) is 9.59 Å². The summed E-state index contributed by atoms with van der Waals surface area (Å²) in [7, 11) is 1.75. The maximum absolute atomic E-state index is 13.1. The Kier molecular flexibility index (Phi) is 6.41. The number of hydrogen-bond acceptors (Lipinski definition) is 5. The first kappa shape index (κ1) is 21.8. The van der Waals surface area contributed by atoms with E-state index >= 15 is 0 Å². The van der Waals surface area contributed by atoms with Crippen LogP contribution in [0.4, 0.5) is 0 Å². The zero-order chi connectivity index (χ0) is 21.9. The van der Waals surface area contributed by atoms with E-state index in [0.29, 0.717) is 12.2 Å². The fourth-order valence-corrected chi connectivity index (χ4v) is 3.43. The molecule has 1 N–H and O–H groups in total. The molecule has 1 aromatic carbocycles. The van der Waals surface area contributed by atoms with E-state index in [2.05, 4.69) is 10.4 Å². The third kappa shape index (κ3) is 5.57. The Balaban J connectivity index is 1.73. The minimum absolute atomic E-state index is 0.0828. The van der Waals surface area contributed by atoms with Gasteiger partial charge in [0.1, 0.15) is 11.8 Å². The van der Waals surface area contributed by atoms with Crippen LogP contribution in [-0.4, -0.2) is 53.1 Å². The smallest absolute Gasteiger partial charge is 0.257 e. The van der Waals surface area contributed by atoms with Gasteiger partial charge in [0.05, 0.1) is 25.1 Å². The van der Waals surface area contributed by atoms with Crippen molar-refractivity contribution < 1.29 is 14.0 Å². The van der Waals surface area contributed by atoms with Crippen LogP contribution in [0.3, 0.4) is 0 Å². The van der Waals surface area contributed by atoms with E-state index in [0.717, 1.165) is 11.3 Å². The van der Waals surface area contributed by atoms with Crippen LogP contribution in [0.1, 0.15) is 50.1 Å². The van der Waals surface area contributed by atoms with Crippen molar-refractivity contribution >= 4 is 17.5 Å². The highest BCUT2D eigenvalue weighted by molar-refractivity contribution is 6.03.